The molecule has 27 heavy (non-hydrogen) atoms. The number of benzene rings is 2. The first-order valence-corrected chi connectivity index (χ1v) is 8.45. The molecule has 140 valence electrons. The minimum Gasteiger partial charge on any atom is -0.497 e. The highest BCUT2D eigenvalue weighted by Gasteiger charge is 2.12. The first-order chi connectivity index (χ1) is 13.0. The van der Waals surface area contributed by atoms with Gasteiger partial charge in [-0.05, 0) is 29.8 Å². The average Bonchev–Trinajstić information content (AvgIpc) is 3.13. The first-order valence-electron chi connectivity index (χ1n) is 8.45. The second-order valence-electron chi connectivity index (χ2n) is 6.05. The molecule has 1 aromatic heterocycles. The van der Waals surface area contributed by atoms with Gasteiger partial charge in [0.25, 0.3) is 5.91 Å². The third-order valence-corrected chi connectivity index (χ3v) is 3.96. The maximum atomic E-state index is 12.4. The highest BCUT2D eigenvalue weighted by molar-refractivity contribution is 5.77. The molecule has 0 saturated heterocycles. The summed E-state index contributed by atoms with van der Waals surface area (Å²) in [5.41, 5.74) is 1.75. The largest absolute Gasteiger partial charge is 0.497 e. The van der Waals surface area contributed by atoms with Crippen LogP contribution in [0.3, 0.4) is 0 Å². The lowest BCUT2D eigenvalue weighted by atomic mass is 10.2. The van der Waals surface area contributed by atoms with Crippen molar-refractivity contribution in [3.8, 4) is 22.9 Å². The number of hydrogen-bond donors (Lipinski definition) is 0. The monoisotopic (exact) mass is 367 g/mol. The van der Waals surface area contributed by atoms with Gasteiger partial charge in [0.2, 0.25) is 11.7 Å². The van der Waals surface area contributed by atoms with Crippen LogP contribution in [0.4, 0.5) is 0 Å². The molecular formula is C20H21N3O4. The van der Waals surface area contributed by atoms with Gasteiger partial charge in [-0.15, -0.1) is 0 Å². The van der Waals surface area contributed by atoms with Crippen LogP contribution < -0.4 is 9.47 Å². The summed E-state index contributed by atoms with van der Waals surface area (Å²) < 4.78 is 15.8. The van der Waals surface area contributed by atoms with E-state index in [2.05, 4.69) is 10.1 Å². The Morgan fingerprint density at radius 2 is 1.93 bits per heavy atom. The minimum atomic E-state index is -0.126. The molecule has 1 heterocycles. The third-order valence-electron chi connectivity index (χ3n) is 3.96. The predicted octanol–water partition coefficient (Wildman–Crippen LogP) is 3.09. The summed E-state index contributed by atoms with van der Waals surface area (Å²) in [6, 6.07) is 14.9. The van der Waals surface area contributed by atoms with Gasteiger partial charge in [0.05, 0.1) is 7.11 Å². The molecule has 0 radical (unpaired) electrons. The van der Waals surface area contributed by atoms with Gasteiger partial charge in [-0.2, -0.15) is 4.98 Å². The summed E-state index contributed by atoms with van der Waals surface area (Å²) in [5.74, 6) is 2.18. The van der Waals surface area contributed by atoms with E-state index in [1.165, 1.54) is 0 Å². The number of methoxy groups -OCH3 is 1. The molecule has 7 heteroatoms. The van der Waals surface area contributed by atoms with Crippen LogP contribution in [0, 0.1) is 6.92 Å². The number of carbonyl (C=O) groups excluding carboxylic acids is 1. The Bertz CT molecular complexity index is 923. The van der Waals surface area contributed by atoms with Crippen LogP contribution in [0.2, 0.25) is 0 Å². The third kappa shape index (κ3) is 4.84. The lowest BCUT2D eigenvalue weighted by Gasteiger charge is -2.18. The highest BCUT2D eigenvalue weighted by Crippen LogP contribution is 2.21. The number of aryl methyl sites for hydroxylation is 1. The van der Waals surface area contributed by atoms with E-state index >= 15 is 0 Å². The summed E-state index contributed by atoms with van der Waals surface area (Å²) in [6.07, 6.45) is 0. The average molecular weight is 367 g/mol. The number of amides is 1. The van der Waals surface area contributed by atoms with Gasteiger partial charge in [0.15, 0.2) is 6.61 Å². The SMILES string of the molecule is COc1cccc(CN(C)C(=O)COc2cccc(-c3noc(C)n3)c2)c1. The van der Waals surface area contributed by atoms with E-state index in [4.69, 9.17) is 14.0 Å². The van der Waals surface area contributed by atoms with Gasteiger partial charge in [-0.25, -0.2) is 0 Å². The summed E-state index contributed by atoms with van der Waals surface area (Å²) in [7, 11) is 3.36. The van der Waals surface area contributed by atoms with Crippen molar-refractivity contribution in [2.75, 3.05) is 20.8 Å². The van der Waals surface area contributed by atoms with E-state index in [1.807, 2.05) is 36.4 Å². The van der Waals surface area contributed by atoms with E-state index in [0.717, 1.165) is 16.9 Å². The maximum absolute atomic E-state index is 12.4. The summed E-state index contributed by atoms with van der Waals surface area (Å²) >= 11 is 0. The number of nitrogens with zero attached hydrogens (tertiary/aromatic N) is 3. The van der Waals surface area contributed by atoms with Crippen molar-refractivity contribution in [3.05, 3.63) is 60.0 Å². The van der Waals surface area contributed by atoms with E-state index in [-0.39, 0.29) is 12.5 Å². The molecule has 7 nitrogen and oxygen atoms in total. The van der Waals surface area contributed by atoms with Crippen LogP contribution >= 0.6 is 0 Å². The fourth-order valence-corrected chi connectivity index (χ4v) is 2.53. The van der Waals surface area contributed by atoms with E-state index in [0.29, 0.717) is 24.0 Å². The van der Waals surface area contributed by atoms with E-state index < -0.39 is 0 Å². The van der Waals surface area contributed by atoms with Gasteiger partial charge >= 0.3 is 0 Å². The van der Waals surface area contributed by atoms with Crippen LogP contribution in [-0.4, -0.2) is 41.7 Å². The lowest BCUT2D eigenvalue weighted by molar-refractivity contribution is -0.132. The van der Waals surface area contributed by atoms with Crippen LogP contribution in [-0.2, 0) is 11.3 Å². The molecule has 0 atom stereocenters. The molecular weight excluding hydrogens is 346 g/mol. The normalized spacial score (nSPS) is 10.5. The van der Waals surface area contributed by atoms with Gasteiger partial charge in [0, 0.05) is 26.1 Å². The van der Waals surface area contributed by atoms with Crippen molar-refractivity contribution >= 4 is 5.91 Å². The van der Waals surface area contributed by atoms with Gasteiger partial charge in [-0.3, -0.25) is 4.79 Å². The summed E-state index contributed by atoms with van der Waals surface area (Å²) in [6.45, 7) is 2.14. The smallest absolute Gasteiger partial charge is 0.260 e. The van der Waals surface area contributed by atoms with Gasteiger partial charge in [0.1, 0.15) is 11.5 Å². The second-order valence-corrected chi connectivity index (χ2v) is 6.05. The summed E-state index contributed by atoms with van der Waals surface area (Å²) in [4.78, 5) is 18.2. The van der Waals surface area contributed by atoms with Gasteiger partial charge < -0.3 is 18.9 Å². The Morgan fingerprint density at radius 3 is 2.67 bits per heavy atom. The number of aromatic nitrogens is 2. The fourth-order valence-electron chi connectivity index (χ4n) is 2.53. The molecule has 0 N–H and O–H groups in total. The van der Waals surface area contributed by atoms with Crippen molar-refractivity contribution in [1.82, 2.24) is 15.0 Å². The Kier molecular flexibility index (Phi) is 5.71. The Balaban J connectivity index is 1.58. The molecule has 0 aliphatic rings. The molecule has 0 aliphatic carbocycles. The van der Waals surface area contributed by atoms with Crippen molar-refractivity contribution in [2.24, 2.45) is 0 Å². The molecule has 1 amide bonds. The topological polar surface area (TPSA) is 77.7 Å². The molecule has 3 aromatic rings. The van der Waals surface area contributed by atoms with E-state index in [9.17, 15) is 4.79 Å². The molecule has 0 spiro atoms. The fraction of sp³-hybridized carbons (Fsp3) is 0.250. The molecule has 0 bridgehead atoms. The quantitative estimate of drug-likeness (QED) is 0.639. The first kappa shape index (κ1) is 18.4. The van der Waals surface area contributed by atoms with Crippen LogP contribution in [0.15, 0.2) is 53.1 Å². The Labute approximate surface area is 157 Å². The number of likely N-dealkylation sites (N-methyl/N-ethyl adjacent to an activating group) is 1. The van der Waals surface area contributed by atoms with Crippen molar-refractivity contribution in [2.45, 2.75) is 13.5 Å². The number of rotatable bonds is 7. The molecule has 0 unspecified atom stereocenters. The van der Waals surface area contributed by atoms with E-state index in [1.54, 1.807) is 38.1 Å². The van der Waals surface area contributed by atoms with Crippen molar-refractivity contribution in [3.63, 3.8) is 0 Å². The maximum Gasteiger partial charge on any atom is 0.260 e. The molecule has 0 saturated carbocycles. The zero-order chi connectivity index (χ0) is 19.2. The highest BCUT2D eigenvalue weighted by atomic mass is 16.5. The molecule has 0 aliphatic heterocycles. The Morgan fingerprint density at radius 1 is 1.15 bits per heavy atom. The number of ether oxygens (including phenoxy) is 2. The Hall–Kier alpha value is -3.35. The predicted molar refractivity (Wildman–Crippen MR) is 99.4 cm³/mol. The molecule has 3 rings (SSSR count). The molecule has 0 fully saturated rings. The van der Waals surface area contributed by atoms with Gasteiger partial charge in [-0.1, -0.05) is 29.4 Å². The second kappa shape index (κ2) is 8.35. The number of hydrogen-bond acceptors (Lipinski definition) is 6. The summed E-state index contributed by atoms with van der Waals surface area (Å²) in [5, 5.41) is 3.88. The zero-order valence-electron chi connectivity index (χ0n) is 15.5. The van der Waals surface area contributed by atoms with Crippen LogP contribution in [0.25, 0.3) is 11.4 Å². The van der Waals surface area contributed by atoms with Crippen molar-refractivity contribution in [1.29, 1.82) is 0 Å². The van der Waals surface area contributed by atoms with Crippen LogP contribution in [0.5, 0.6) is 11.5 Å². The van der Waals surface area contributed by atoms with Crippen molar-refractivity contribution < 1.29 is 18.8 Å². The molecule has 2 aromatic carbocycles. The minimum absolute atomic E-state index is 0.0603. The van der Waals surface area contributed by atoms with Crippen LogP contribution in [0.1, 0.15) is 11.5 Å². The zero-order valence-corrected chi connectivity index (χ0v) is 15.5. The lowest BCUT2D eigenvalue weighted by Crippen LogP contribution is -2.30. The standard InChI is InChI=1S/C20H21N3O4/c1-14-21-20(22-27-14)16-7-5-9-18(11-16)26-13-19(24)23(2)12-15-6-4-8-17(10-15)25-3/h4-11H,12-13H2,1-3H3. The number of carbonyl (C=O) groups is 1.